The molecule has 0 amide bonds. The summed E-state index contributed by atoms with van der Waals surface area (Å²) in [5, 5.41) is 20.4. The summed E-state index contributed by atoms with van der Waals surface area (Å²) in [6.45, 7) is 5.32. The van der Waals surface area contributed by atoms with Gasteiger partial charge in [-0.2, -0.15) is 15.2 Å². The Morgan fingerprint density at radius 1 is 1.29 bits per heavy atom. The minimum atomic E-state index is -4.04. The van der Waals surface area contributed by atoms with Crippen LogP contribution < -0.4 is 10.2 Å². The summed E-state index contributed by atoms with van der Waals surface area (Å²) in [4.78, 5) is 22.4. The van der Waals surface area contributed by atoms with Crippen LogP contribution in [0.1, 0.15) is 43.6 Å². The minimum absolute atomic E-state index is 0.116. The van der Waals surface area contributed by atoms with E-state index in [2.05, 4.69) is 20.3 Å². The van der Waals surface area contributed by atoms with Crippen molar-refractivity contribution in [2.45, 2.75) is 43.6 Å². The Morgan fingerprint density at radius 3 is 2.68 bits per heavy atom. The zero-order valence-electron chi connectivity index (χ0n) is 17.3. The lowest BCUT2D eigenvalue weighted by Crippen LogP contribution is -2.26. The Balaban J connectivity index is 2.09. The third-order valence-corrected chi connectivity index (χ3v) is 7.56. The van der Waals surface area contributed by atoms with Crippen LogP contribution in [0.25, 0.3) is 10.3 Å². The molecule has 0 radical (unpaired) electrons. The SMILES string of the molecule is CC(C)C[C@H](CO)Nc1nc(S(=O)(=O)C(C)c2cccc(C#N)c2)nc2[nH]c(=O)sc12. The van der Waals surface area contributed by atoms with E-state index in [9.17, 15) is 18.3 Å². The highest BCUT2D eigenvalue weighted by Gasteiger charge is 2.30. The Kier molecular flexibility index (Phi) is 6.74. The highest BCUT2D eigenvalue weighted by Crippen LogP contribution is 2.31. The fourth-order valence-electron chi connectivity index (χ4n) is 3.19. The van der Waals surface area contributed by atoms with Crippen molar-refractivity contribution < 1.29 is 13.5 Å². The topological polar surface area (TPSA) is 149 Å². The zero-order valence-corrected chi connectivity index (χ0v) is 18.9. The molecular weight excluding hydrogens is 438 g/mol. The second-order valence-corrected chi connectivity index (χ2v) is 10.8. The highest BCUT2D eigenvalue weighted by molar-refractivity contribution is 7.91. The van der Waals surface area contributed by atoms with Crippen LogP contribution >= 0.6 is 11.3 Å². The van der Waals surface area contributed by atoms with E-state index >= 15 is 0 Å². The molecule has 164 valence electrons. The molecule has 2 atom stereocenters. The number of thiazole rings is 1. The molecule has 2 aromatic heterocycles. The van der Waals surface area contributed by atoms with E-state index in [0.717, 1.165) is 11.3 Å². The maximum Gasteiger partial charge on any atom is 0.306 e. The molecule has 0 fully saturated rings. The highest BCUT2D eigenvalue weighted by atomic mass is 32.2. The van der Waals surface area contributed by atoms with Gasteiger partial charge in [-0.15, -0.1) is 0 Å². The number of nitrogens with zero attached hydrogens (tertiary/aromatic N) is 3. The predicted molar refractivity (Wildman–Crippen MR) is 119 cm³/mol. The first-order valence-electron chi connectivity index (χ1n) is 9.68. The predicted octanol–water partition coefficient (Wildman–Crippen LogP) is 2.61. The third-order valence-electron chi connectivity index (χ3n) is 4.78. The number of nitriles is 1. The van der Waals surface area contributed by atoms with Gasteiger partial charge in [0.2, 0.25) is 9.84 Å². The van der Waals surface area contributed by atoms with Gasteiger partial charge in [-0.3, -0.25) is 9.78 Å². The fraction of sp³-hybridized carbons (Fsp3) is 0.400. The van der Waals surface area contributed by atoms with Gasteiger partial charge >= 0.3 is 4.87 Å². The first kappa shape index (κ1) is 22.9. The molecule has 2 heterocycles. The van der Waals surface area contributed by atoms with Crippen molar-refractivity contribution in [1.29, 1.82) is 5.26 Å². The maximum atomic E-state index is 13.3. The lowest BCUT2D eigenvalue weighted by Gasteiger charge is -2.20. The summed E-state index contributed by atoms with van der Waals surface area (Å²) in [7, 11) is -4.04. The van der Waals surface area contributed by atoms with Gasteiger partial charge in [-0.25, -0.2) is 8.42 Å². The average molecular weight is 462 g/mol. The molecule has 0 saturated heterocycles. The van der Waals surface area contributed by atoms with E-state index in [1.807, 2.05) is 19.9 Å². The minimum Gasteiger partial charge on any atom is -0.394 e. The van der Waals surface area contributed by atoms with Gasteiger partial charge in [0.1, 0.15) is 4.70 Å². The van der Waals surface area contributed by atoms with Crippen molar-refractivity contribution >= 4 is 37.3 Å². The molecule has 0 aliphatic carbocycles. The normalized spacial score (nSPS) is 13.8. The van der Waals surface area contributed by atoms with Crippen LogP contribution in [-0.4, -0.2) is 41.1 Å². The van der Waals surface area contributed by atoms with Crippen LogP contribution in [0.5, 0.6) is 0 Å². The summed E-state index contributed by atoms with van der Waals surface area (Å²) in [5.41, 5.74) is 0.898. The number of rotatable bonds is 8. The largest absolute Gasteiger partial charge is 0.394 e. The van der Waals surface area contributed by atoms with Crippen LogP contribution in [0.15, 0.2) is 34.2 Å². The fourth-order valence-corrected chi connectivity index (χ4v) is 5.18. The van der Waals surface area contributed by atoms with E-state index in [0.29, 0.717) is 22.2 Å². The lowest BCUT2D eigenvalue weighted by atomic mass is 10.0. The Morgan fingerprint density at radius 2 is 2.03 bits per heavy atom. The quantitative estimate of drug-likeness (QED) is 0.433. The second kappa shape index (κ2) is 9.13. The van der Waals surface area contributed by atoms with E-state index in [4.69, 9.17) is 5.26 Å². The molecule has 11 heteroatoms. The summed E-state index contributed by atoms with van der Waals surface area (Å²) in [6.07, 6.45) is 0.626. The molecule has 0 aliphatic heterocycles. The number of aromatic nitrogens is 3. The first-order chi connectivity index (χ1) is 14.6. The second-order valence-electron chi connectivity index (χ2n) is 7.62. The standard InChI is InChI=1S/C20H23N5O4S2/c1-11(2)7-15(10-26)22-17-16-18(25-20(27)30-16)24-19(23-17)31(28,29)12(3)14-6-4-5-13(8-14)9-21/h4-6,8,11-12,15,26H,7,10H2,1-3H3,(H2,22,23,24,25,27)/t12?,15-/m1/s1. The number of aliphatic hydroxyl groups excluding tert-OH is 1. The molecule has 31 heavy (non-hydrogen) atoms. The number of sulfone groups is 1. The number of aromatic amines is 1. The van der Waals surface area contributed by atoms with E-state index in [1.165, 1.54) is 13.0 Å². The number of hydrogen-bond donors (Lipinski definition) is 3. The number of aliphatic hydroxyl groups is 1. The Labute approximate surface area is 183 Å². The van der Waals surface area contributed by atoms with Crippen molar-refractivity contribution in [2.75, 3.05) is 11.9 Å². The number of hydrogen-bond acceptors (Lipinski definition) is 9. The lowest BCUT2D eigenvalue weighted by molar-refractivity contribution is 0.259. The third kappa shape index (κ3) is 4.92. The van der Waals surface area contributed by atoms with E-state index < -0.39 is 20.2 Å². The van der Waals surface area contributed by atoms with Gasteiger partial charge in [0, 0.05) is 0 Å². The molecule has 9 nitrogen and oxygen atoms in total. The van der Waals surface area contributed by atoms with Crippen LogP contribution in [0, 0.1) is 17.2 Å². The molecule has 3 aromatic rings. The van der Waals surface area contributed by atoms with E-state index in [-0.39, 0.29) is 34.9 Å². The summed E-state index contributed by atoms with van der Waals surface area (Å²) in [6, 6.07) is 7.97. The molecule has 0 spiro atoms. The number of fused-ring (bicyclic) bond motifs is 1. The molecule has 1 unspecified atom stereocenters. The number of H-pyrrole nitrogens is 1. The maximum absolute atomic E-state index is 13.3. The van der Waals surface area contributed by atoms with E-state index in [1.54, 1.807) is 18.2 Å². The van der Waals surface area contributed by atoms with Crippen molar-refractivity contribution in [2.24, 2.45) is 5.92 Å². The number of anilines is 1. The molecule has 0 aliphatic rings. The van der Waals surface area contributed by atoms with Gasteiger partial charge in [-0.05, 0) is 37.0 Å². The van der Waals surface area contributed by atoms with Crippen LogP contribution in [-0.2, 0) is 9.84 Å². The van der Waals surface area contributed by atoms with Gasteiger partial charge in [-0.1, -0.05) is 37.3 Å². The molecule has 0 bridgehead atoms. The van der Waals surface area contributed by atoms with Crippen molar-refractivity contribution in [3.05, 3.63) is 45.1 Å². The summed E-state index contributed by atoms with van der Waals surface area (Å²) in [5.74, 6) is 0.465. The monoisotopic (exact) mass is 461 g/mol. The van der Waals surface area contributed by atoms with Crippen LogP contribution in [0.2, 0.25) is 0 Å². The zero-order chi connectivity index (χ0) is 22.8. The van der Waals surface area contributed by atoms with Gasteiger partial charge in [0.05, 0.1) is 29.5 Å². The number of benzene rings is 1. The van der Waals surface area contributed by atoms with Crippen molar-refractivity contribution in [3.63, 3.8) is 0 Å². The molecule has 0 saturated carbocycles. The molecule has 1 aromatic carbocycles. The van der Waals surface area contributed by atoms with Crippen molar-refractivity contribution in [1.82, 2.24) is 15.0 Å². The van der Waals surface area contributed by atoms with Gasteiger partial charge in [0.25, 0.3) is 5.16 Å². The summed E-state index contributed by atoms with van der Waals surface area (Å²) >= 11 is 0.868. The molecular formula is C20H23N5O4S2. The van der Waals surface area contributed by atoms with Crippen LogP contribution in [0.4, 0.5) is 5.82 Å². The van der Waals surface area contributed by atoms with Crippen LogP contribution in [0.3, 0.4) is 0 Å². The summed E-state index contributed by atoms with van der Waals surface area (Å²) < 4.78 is 27.0. The van der Waals surface area contributed by atoms with Gasteiger partial charge in [0.15, 0.2) is 11.5 Å². The molecule has 3 N–H and O–H groups in total. The first-order valence-corrected chi connectivity index (χ1v) is 12.0. The Bertz CT molecular complexity index is 1290. The average Bonchev–Trinajstić information content (AvgIpc) is 3.12. The molecule has 3 rings (SSSR count). The van der Waals surface area contributed by atoms with Crippen molar-refractivity contribution in [3.8, 4) is 6.07 Å². The smallest absolute Gasteiger partial charge is 0.306 e. The Hall–Kier alpha value is -2.81. The van der Waals surface area contributed by atoms with Gasteiger partial charge < -0.3 is 10.4 Å². The number of nitrogens with one attached hydrogen (secondary N) is 2.